The maximum atomic E-state index is 5.52. The van der Waals surface area contributed by atoms with Gasteiger partial charge in [-0.3, -0.25) is 0 Å². The fourth-order valence-electron chi connectivity index (χ4n) is 1.90. The second-order valence-corrected chi connectivity index (χ2v) is 4.58. The molecule has 17 heavy (non-hydrogen) atoms. The van der Waals surface area contributed by atoms with E-state index in [1.165, 1.54) is 17.6 Å². The van der Waals surface area contributed by atoms with Crippen LogP contribution in [0, 0.1) is 0 Å². The molecule has 1 rings (SSSR count). The largest absolute Gasteiger partial charge is 0.352 e. The summed E-state index contributed by atoms with van der Waals surface area (Å²) < 4.78 is 15.9. The minimum absolute atomic E-state index is 0.219. The third kappa shape index (κ3) is 5.02. The van der Waals surface area contributed by atoms with Gasteiger partial charge in [-0.25, -0.2) is 0 Å². The molecule has 1 heterocycles. The molecule has 0 saturated carbocycles. The standard InChI is InChI=1S/C14H24O3/c1-11(2)8-6-5-7-9-12-10-13(15-3)17-14(12)16-4/h8,10,13-14H,5-7,9H2,1-4H3. The van der Waals surface area contributed by atoms with E-state index < -0.39 is 0 Å². The predicted octanol–water partition coefficient (Wildman–Crippen LogP) is 3.41. The molecule has 3 nitrogen and oxygen atoms in total. The Morgan fingerprint density at radius 2 is 2.06 bits per heavy atom. The van der Waals surface area contributed by atoms with Gasteiger partial charge < -0.3 is 14.2 Å². The van der Waals surface area contributed by atoms with Crippen LogP contribution in [0.4, 0.5) is 0 Å². The van der Waals surface area contributed by atoms with Gasteiger partial charge in [0.05, 0.1) is 0 Å². The van der Waals surface area contributed by atoms with Gasteiger partial charge in [-0.1, -0.05) is 11.6 Å². The van der Waals surface area contributed by atoms with Crippen molar-refractivity contribution in [3.8, 4) is 0 Å². The van der Waals surface area contributed by atoms with Crippen molar-refractivity contribution >= 4 is 0 Å². The molecule has 0 radical (unpaired) electrons. The third-order valence-corrected chi connectivity index (χ3v) is 2.83. The van der Waals surface area contributed by atoms with Crippen molar-refractivity contribution in [1.82, 2.24) is 0 Å². The van der Waals surface area contributed by atoms with E-state index in [-0.39, 0.29) is 12.6 Å². The topological polar surface area (TPSA) is 27.7 Å². The zero-order valence-corrected chi connectivity index (χ0v) is 11.4. The predicted molar refractivity (Wildman–Crippen MR) is 68.7 cm³/mol. The number of hydrogen-bond donors (Lipinski definition) is 0. The van der Waals surface area contributed by atoms with Gasteiger partial charge >= 0.3 is 0 Å². The van der Waals surface area contributed by atoms with Crippen molar-refractivity contribution in [2.75, 3.05) is 14.2 Å². The first-order chi connectivity index (χ1) is 8.17. The lowest BCUT2D eigenvalue weighted by atomic mass is 10.1. The zero-order chi connectivity index (χ0) is 12.7. The molecule has 0 N–H and O–H groups in total. The molecule has 0 aliphatic carbocycles. The van der Waals surface area contributed by atoms with Crippen LogP contribution >= 0.6 is 0 Å². The quantitative estimate of drug-likeness (QED) is 0.504. The lowest BCUT2D eigenvalue weighted by Gasteiger charge is -2.14. The number of unbranched alkanes of at least 4 members (excludes halogenated alkanes) is 2. The molecule has 98 valence electrons. The number of methoxy groups -OCH3 is 2. The Hall–Kier alpha value is -0.640. The first-order valence-corrected chi connectivity index (χ1v) is 6.22. The lowest BCUT2D eigenvalue weighted by molar-refractivity contribution is -0.177. The average molecular weight is 240 g/mol. The zero-order valence-electron chi connectivity index (χ0n) is 11.4. The van der Waals surface area contributed by atoms with Crippen molar-refractivity contribution in [3.63, 3.8) is 0 Å². The second kappa shape index (κ2) is 7.64. The highest BCUT2D eigenvalue weighted by atomic mass is 16.8. The van der Waals surface area contributed by atoms with Crippen LogP contribution in [0.5, 0.6) is 0 Å². The molecule has 2 unspecified atom stereocenters. The van der Waals surface area contributed by atoms with E-state index in [9.17, 15) is 0 Å². The summed E-state index contributed by atoms with van der Waals surface area (Å²) in [7, 11) is 3.31. The van der Waals surface area contributed by atoms with Crippen molar-refractivity contribution in [1.29, 1.82) is 0 Å². The summed E-state index contributed by atoms with van der Waals surface area (Å²) in [6.45, 7) is 4.27. The summed E-state index contributed by atoms with van der Waals surface area (Å²) in [5.74, 6) is 0. The molecule has 3 heteroatoms. The Kier molecular flexibility index (Phi) is 6.48. The van der Waals surface area contributed by atoms with Gasteiger partial charge in [0.25, 0.3) is 0 Å². The van der Waals surface area contributed by atoms with Crippen molar-refractivity contribution in [3.05, 3.63) is 23.3 Å². The van der Waals surface area contributed by atoms with Gasteiger partial charge in [-0.2, -0.15) is 0 Å². The van der Waals surface area contributed by atoms with Crippen LogP contribution in [0.2, 0.25) is 0 Å². The van der Waals surface area contributed by atoms with E-state index in [0.29, 0.717) is 0 Å². The molecule has 0 aromatic heterocycles. The van der Waals surface area contributed by atoms with Crippen LogP contribution in [-0.2, 0) is 14.2 Å². The lowest BCUT2D eigenvalue weighted by Crippen LogP contribution is -2.17. The molecule has 1 aliphatic rings. The van der Waals surface area contributed by atoms with Gasteiger partial charge in [0.1, 0.15) is 0 Å². The van der Waals surface area contributed by atoms with Crippen molar-refractivity contribution in [2.45, 2.75) is 52.1 Å². The van der Waals surface area contributed by atoms with Crippen molar-refractivity contribution < 1.29 is 14.2 Å². The van der Waals surface area contributed by atoms with E-state index in [1.54, 1.807) is 14.2 Å². The average Bonchev–Trinajstić information content (AvgIpc) is 2.70. The number of rotatable bonds is 7. The summed E-state index contributed by atoms with van der Waals surface area (Å²) in [5, 5.41) is 0. The van der Waals surface area contributed by atoms with Crippen LogP contribution < -0.4 is 0 Å². The summed E-state index contributed by atoms with van der Waals surface area (Å²) in [4.78, 5) is 0. The molecule has 1 aliphatic heterocycles. The van der Waals surface area contributed by atoms with E-state index in [0.717, 1.165) is 19.3 Å². The molecular formula is C14H24O3. The molecule has 0 saturated heterocycles. The Balaban J connectivity index is 2.27. The maximum Gasteiger partial charge on any atom is 0.183 e. The van der Waals surface area contributed by atoms with Crippen LogP contribution in [0.25, 0.3) is 0 Å². The fourth-order valence-corrected chi connectivity index (χ4v) is 1.90. The highest BCUT2D eigenvalue weighted by Crippen LogP contribution is 2.25. The Morgan fingerprint density at radius 3 is 2.65 bits per heavy atom. The third-order valence-electron chi connectivity index (χ3n) is 2.83. The maximum absolute atomic E-state index is 5.52. The molecular weight excluding hydrogens is 216 g/mol. The molecule has 2 atom stereocenters. The molecule has 0 spiro atoms. The van der Waals surface area contributed by atoms with Crippen molar-refractivity contribution in [2.24, 2.45) is 0 Å². The molecule has 0 fully saturated rings. The monoisotopic (exact) mass is 240 g/mol. The fraction of sp³-hybridized carbons (Fsp3) is 0.714. The molecule has 0 aromatic rings. The summed E-state index contributed by atoms with van der Waals surface area (Å²) >= 11 is 0. The normalized spacial score (nSPS) is 23.6. The van der Waals surface area contributed by atoms with E-state index >= 15 is 0 Å². The van der Waals surface area contributed by atoms with Gasteiger partial charge in [-0.05, 0) is 51.2 Å². The second-order valence-electron chi connectivity index (χ2n) is 4.58. The molecule has 0 bridgehead atoms. The summed E-state index contributed by atoms with van der Waals surface area (Å²) in [5.41, 5.74) is 2.60. The van der Waals surface area contributed by atoms with Gasteiger partial charge in [-0.15, -0.1) is 0 Å². The van der Waals surface area contributed by atoms with Gasteiger partial charge in [0.15, 0.2) is 12.6 Å². The van der Waals surface area contributed by atoms with Gasteiger partial charge in [0, 0.05) is 14.2 Å². The van der Waals surface area contributed by atoms with Crippen LogP contribution in [0.1, 0.15) is 39.5 Å². The van der Waals surface area contributed by atoms with Gasteiger partial charge in [0.2, 0.25) is 0 Å². The number of allylic oxidation sites excluding steroid dienone is 2. The van der Waals surface area contributed by atoms with E-state index in [2.05, 4.69) is 19.9 Å². The summed E-state index contributed by atoms with van der Waals surface area (Å²) in [6, 6.07) is 0. The highest BCUT2D eigenvalue weighted by molar-refractivity contribution is 5.12. The van der Waals surface area contributed by atoms with Crippen LogP contribution in [0.3, 0.4) is 0 Å². The number of hydrogen-bond acceptors (Lipinski definition) is 3. The molecule has 0 aromatic carbocycles. The summed E-state index contributed by atoms with van der Waals surface area (Å²) in [6.07, 6.45) is 8.39. The number of ether oxygens (including phenoxy) is 3. The SMILES string of the molecule is COC1C=C(CCCCC=C(C)C)C(OC)O1. The van der Waals surface area contributed by atoms with E-state index in [4.69, 9.17) is 14.2 Å². The van der Waals surface area contributed by atoms with Crippen LogP contribution in [-0.4, -0.2) is 26.8 Å². The minimum atomic E-state index is -0.243. The first-order valence-electron chi connectivity index (χ1n) is 6.22. The highest BCUT2D eigenvalue weighted by Gasteiger charge is 2.25. The van der Waals surface area contributed by atoms with Crippen LogP contribution in [0.15, 0.2) is 23.3 Å². The Morgan fingerprint density at radius 1 is 1.29 bits per heavy atom. The first kappa shape index (κ1) is 14.4. The smallest absolute Gasteiger partial charge is 0.183 e. The Bertz CT molecular complexity index is 277. The Labute approximate surface area is 104 Å². The molecule has 0 amide bonds. The van der Waals surface area contributed by atoms with E-state index in [1.807, 2.05) is 6.08 Å². The minimum Gasteiger partial charge on any atom is -0.352 e.